The fourth-order valence-corrected chi connectivity index (χ4v) is 2.27. The predicted molar refractivity (Wildman–Crippen MR) is 109 cm³/mol. The maximum atomic E-state index is 5.22. The second kappa shape index (κ2) is 13.8. The third-order valence-electron chi connectivity index (χ3n) is 2.67. The highest BCUT2D eigenvalue weighted by atomic mass is 127. The Kier molecular flexibility index (Phi) is 13.2. The van der Waals surface area contributed by atoms with Crippen LogP contribution in [-0.4, -0.2) is 37.7 Å². The molecule has 0 aromatic heterocycles. The zero-order valence-electron chi connectivity index (χ0n) is 13.3. The molecular formula is C16H26IN3OS. The second-order valence-corrected chi connectivity index (χ2v) is 5.49. The quantitative estimate of drug-likeness (QED) is 0.206. The summed E-state index contributed by atoms with van der Waals surface area (Å²) in [7, 11) is 1.68. The molecule has 0 aliphatic carbocycles. The zero-order valence-corrected chi connectivity index (χ0v) is 16.4. The van der Waals surface area contributed by atoms with Gasteiger partial charge in [0, 0.05) is 24.6 Å². The summed E-state index contributed by atoms with van der Waals surface area (Å²) in [5.41, 5.74) is 1.13. The van der Waals surface area contributed by atoms with Crippen molar-refractivity contribution in [1.29, 1.82) is 0 Å². The lowest BCUT2D eigenvalue weighted by Gasteiger charge is -2.11. The molecule has 0 bridgehead atoms. The van der Waals surface area contributed by atoms with Crippen LogP contribution in [-0.2, 0) is 6.54 Å². The van der Waals surface area contributed by atoms with Gasteiger partial charge in [0.25, 0.3) is 0 Å². The van der Waals surface area contributed by atoms with E-state index in [2.05, 4.69) is 35.2 Å². The van der Waals surface area contributed by atoms with Crippen molar-refractivity contribution in [3.05, 3.63) is 42.5 Å². The molecule has 22 heavy (non-hydrogen) atoms. The fourth-order valence-electron chi connectivity index (χ4n) is 1.69. The first kappa shape index (κ1) is 21.1. The number of aliphatic imine (C=N–C) groups is 1. The molecule has 0 spiro atoms. The van der Waals surface area contributed by atoms with Crippen molar-refractivity contribution >= 4 is 41.7 Å². The molecule has 1 aromatic rings. The molecule has 0 unspecified atom stereocenters. The van der Waals surface area contributed by atoms with Gasteiger partial charge >= 0.3 is 0 Å². The fraction of sp³-hybridized carbons (Fsp3) is 0.438. The van der Waals surface area contributed by atoms with Crippen LogP contribution in [0.1, 0.15) is 12.5 Å². The normalized spacial score (nSPS) is 10.5. The van der Waals surface area contributed by atoms with Crippen LogP contribution in [0.15, 0.2) is 41.9 Å². The lowest BCUT2D eigenvalue weighted by molar-refractivity contribution is 0.414. The van der Waals surface area contributed by atoms with E-state index in [0.717, 1.165) is 41.9 Å². The molecule has 1 aromatic carbocycles. The maximum absolute atomic E-state index is 5.22. The summed E-state index contributed by atoms with van der Waals surface area (Å²) in [6.07, 6.45) is 1.92. The van der Waals surface area contributed by atoms with Gasteiger partial charge in [-0.25, -0.2) is 4.99 Å². The van der Waals surface area contributed by atoms with Crippen molar-refractivity contribution in [3.63, 3.8) is 0 Å². The molecule has 0 heterocycles. The Balaban J connectivity index is 0.00000441. The van der Waals surface area contributed by atoms with E-state index in [4.69, 9.17) is 4.74 Å². The number of hydrogen-bond donors (Lipinski definition) is 2. The first-order valence-electron chi connectivity index (χ1n) is 7.14. The van der Waals surface area contributed by atoms with Crippen LogP contribution >= 0.6 is 35.7 Å². The average Bonchev–Trinajstić information content (AvgIpc) is 2.52. The van der Waals surface area contributed by atoms with Crippen LogP contribution < -0.4 is 15.4 Å². The minimum absolute atomic E-state index is 0. The molecular weight excluding hydrogens is 409 g/mol. The Morgan fingerprint density at radius 1 is 1.41 bits per heavy atom. The second-order valence-electron chi connectivity index (χ2n) is 4.34. The van der Waals surface area contributed by atoms with Crippen molar-refractivity contribution in [2.75, 3.05) is 31.7 Å². The van der Waals surface area contributed by atoms with E-state index in [1.807, 2.05) is 36.0 Å². The highest BCUT2D eigenvalue weighted by Gasteiger charge is 1.98. The molecule has 4 nitrogen and oxygen atoms in total. The summed E-state index contributed by atoms with van der Waals surface area (Å²) in [5.74, 6) is 3.73. The van der Waals surface area contributed by atoms with E-state index in [-0.39, 0.29) is 24.0 Å². The van der Waals surface area contributed by atoms with Crippen LogP contribution in [0.3, 0.4) is 0 Å². The molecule has 0 saturated heterocycles. The molecule has 0 amide bonds. The number of thioether (sulfide) groups is 1. The summed E-state index contributed by atoms with van der Waals surface area (Å²) in [4.78, 5) is 4.59. The third-order valence-corrected chi connectivity index (χ3v) is 3.64. The van der Waals surface area contributed by atoms with Gasteiger partial charge in [-0.15, -0.1) is 30.6 Å². The van der Waals surface area contributed by atoms with Gasteiger partial charge in [-0.05, 0) is 24.6 Å². The van der Waals surface area contributed by atoms with E-state index in [0.29, 0.717) is 6.54 Å². The number of benzene rings is 1. The molecule has 0 aliphatic heterocycles. The van der Waals surface area contributed by atoms with Crippen molar-refractivity contribution < 1.29 is 4.74 Å². The number of nitrogens with one attached hydrogen (secondary N) is 2. The summed E-state index contributed by atoms with van der Waals surface area (Å²) in [6, 6.07) is 7.98. The van der Waals surface area contributed by atoms with Gasteiger partial charge in [0.05, 0.1) is 13.7 Å². The molecule has 6 heteroatoms. The Hall–Kier alpha value is -0.890. The summed E-state index contributed by atoms with van der Waals surface area (Å²) < 4.78 is 5.22. The van der Waals surface area contributed by atoms with Crippen LogP contribution in [0.25, 0.3) is 0 Å². The summed E-state index contributed by atoms with van der Waals surface area (Å²) >= 11 is 1.85. The molecule has 124 valence electrons. The molecule has 0 fully saturated rings. The number of nitrogens with zero attached hydrogens (tertiary/aromatic N) is 1. The average molecular weight is 435 g/mol. The van der Waals surface area contributed by atoms with Gasteiger partial charge in [-0.1, -0.05) is 18.2 Å². The highest BCUT2D eigenvalue weighted by Crippen LogP contribution is 2.13. The molecule has 0 aliphatic rings. The monoisotopic (exact) mass is 435 g/mol. The molecule has 1 rings (SSSR count). The lowest BCUT2D eigenvalue weighted by atomic mass is 10.2. The Morgan fingerprint density at radius 2 is 2.23 bits per heavy atom. The molecule has 0 saturated carbocycles. The van der Waals surface area contributed by atoms with Gasteiger partial charge < -0.3 is 15.4 Å². The van der Waals surface area contributed by atoms with Crippen LogP contribution in [0.2, 0.25) is 0 Å². The number of guanidine groups is 1. The number of halogens is 1. The van der Waals surface area contributed by atoms with E-state index in [9.17, 15) is 0 Å². The van der Waals surface area contributed by atoms with E-state index in [1.54, 1.807) is 7.11 Å². The van der Waals surface area contributed by atoms with Crippen LogP contribution in [0.4, 0.5) is 0 Å². The number of hydrogen-bond acceptors (Lipinski definition) is 3. The van der Waals surface area contributed by atoms with E-state index >= 15 is 0 Å². The first-order chi connectivity index (χ1) is 10.3. The third kappa shape index (κ3) is 9.19. The van der Waals surface area contributed by atoms with Crippen molar-refractivity contribution in [2.24, 2.45) is 4.99 Å². The number of ether oxygens (including phenoxy) is 1. The Labute approximate surface area is 155 Å². The van der Waals surface area contributed by atoms with Crippen molar-refractivity contribution in [3.8, 4) is 5.75 Å². The van der Waals surface area contributed by atoms with Crippen LogP contribution in [0.5, 0.6) is 5.75 Å². The smallest absolute Gasteiger partial charge is 0.191 e. The van der Waals surface area contributed by atoms with Gasteiger partial charge in [0.1, 0.15) is 5.75 Å². The standard InChI is InChI=1S/C16H25N3OS.HI/c1-4-10-21-11-9-18-16(17-5-2)19-13-14-7-6-8-15(12-14)20-3;/h4,6-8,12H,1,5,9-11,13H2,2-3H3,(H2,17,18,19);1H. The largest absolute Gasteiger partial charge is 0.497 e. The minimum atomic E-state index is 0. The van der Waals surface area contributed by atoms with Gasteiger partial charge in [-0.2, -0.15) is 11.8 Å². The SMILES string of the molecule is C=CCSCCNC(=NCc1cccc(OC)c1)NCC.I. The zero-order chi connectivity index (χ0) is 15.3. The van der Waals surface area contributed by atoms with Crippen LogP contribution in [0, 0.1) is 0 Å². The highest BCUT2D eigenvalue weighted by molar-refractivity contribution is 14.0. The van der Waals surface area contributed by atoms with Gasteiger partial charge in [0.2, 0.25) is 0 Å². The molecule has 0 atom stereocenters. The summed E-state index contributed by atoms with van der Waals surface area (Å²) in [5, 5.41) is 6.58. The van der Waals surface area contributed by atoms with E-state index < -0.39 is 0 Å². The number of methoxy groups -OCH3 is 1. The molecule has 0 radical (unpaired) electrons. The maximum Gasteiger partial charge on any atom is 0.191 e. The summed E-state index contributed by atoms with van der Waals surface area (Å²) in [6.45, 7) is 8.15. The lowest BCUT2D eigenvalue weighted by Crippen LogP contribution is -2.38. The van der Waals surface area contributed by atoms with E-state index in [1.165, 1.54) is 0 Å². The Morgan fingerprint density at radius 3 is 2.91 bits per heavy atom. The van der Waals surface area contributed by atoms with Crippen molar-refractivity contribution in [1.82, 2.24) is 10.6 Å². The van der Waals surface area contributed by atoms with Crippen molar-refractivity contribution in [2.45, 2.75) is 13.5 Å². The number of rotatable bonds is 9. The first-order valence-corrected chi connectivity index (χ1v) is 8.29. The van der Waals surface area contributed by atoms with Gasteiger partial charge in [0.15, 0.2) is 5.96 Å². The predicted octanol–water partition coefficient (Wildman–Crippen LogP) is 3.29. The molecule has 2 N–H and O–H groups in total. The van der Waals surface area contributed by atoms with Gasteiger partial charge in [-0.3, -0.25) is 0 Å². The minimum Gasteiger partial charge on any atom is -0.497 e. The Bertz CT molecular complexity index is 455. The topological polar surface area (TPSA) is 45.7 Å².